The summed E-state index contributed by atoms with van der Waals surface area (Å²) in [7, 11) is 1.98. The van der Waals surface area contributed by atoms with Crippen LogP contribution in [0.5, 0.6) is 5.75 Å². The Morgan fingerprint density at radius 3 is 2.25 bits per heavy atom. The molecule has 1 N–H and O–H groups in total. The average Bonchev–Trinajstić information content (AvgIpc) is 3.38. The van der Waals surface area contributed by atoms with Crippen molar-refractivity contribution in [2.24, 2.45) is 0 Å². The molecular weight excluding hydrogens is 626 g/mol. The maximum atomic E-state index is 14.1. The van der Waals surface area contributed by atoms with E-state index in [0.717, 1.165) is 30.1 Å². The second-order valence-corrected chi connectivity index (χ2v) is 12.1. The van der Waals surface area contributed by atoms with Gasteiger partial charge in [-0.3, -0.25) is 14.4 Å². The van der Waals surface area contributed by atoms with Gasteiger partial charge in [0.05, 0.1) is 5.69 Å². The van der Waals surface area contributed by atoms with E-state index < -0.39 is 35.6 Å². The molecule has 3 saturated heterocycles. The van der Waals surface area contributed by atoms with Crippen molar-refractivity contribution in [3.8, 4) is 5.75 Å². The van der Waals surface area contributed by atoms with Gasteiger partial charge in [0.1, 0.15) is 11.3 Å². The molecule has 3 fully saturated rings. The third kappa shape index (κ3) is 6.89. The zero-order valence-corrected chi connectivity index (χ0v) is 25.2. The minimum Gasteiger partial charge on any atom is -0.406 e. The number of hydrogen-bond acceptors (Lipinski definition) is 6. The molecule has 0 unspecified atom stereocenters. The summed E-state index contributed by atoms with van der Waals surface area (Å²) in [5.41, 5.74) is -0.809. The number of nitrogens with one attached hydrogen (secondary N) is 1. The molecule has 3 aliphatic heterocycles. The molecular formula is C29H30Cl2F3N5O5. The molecule has 3 heterocycles. The topological polar surface area (TPSA) is 103 Å². The van der Waals surface area contributed by atoms with Gasteiger partial charge in [-0.2, -0.15) is 0 Å². The standard InChI is InChI=1S/C29H30Cl2F3N5O5/c1-36-8-10-37(11-9-36)25(41)7-6-24(40)35-21-16-28(15-18-2-4-23(5-3-18)44-29(32,33)34)26(42)39(27(43)38(28)17-21)22-13-19(30)12-20(31)14-22/h2-5,12-14,21H,6-11,15-17H2,1H3,(H,35,40)/t21-,28+/m0/s1. The van der Waals surface area contributed by atoms with Gasteiger partial charge in [0.25, 0.3) is 5.91 Å². The molecule has 0 aromatic heterocycles. The number of urea groups is 1. The molecule has 5 amide bonds. The monoisotopic (exact) mass is 655 g/mol. The number of likely N-dealkylation sites (N-methyl/N-ethyl adjacent to an activating group) is 1. The van der Waals surface area contributed by atoms with Crippen LogP contribution in [0.1, 0.15) is 24.8 Å². The average molecular weight is 656 g/mol. The van der Waals surface area contributed by atoms with Gasteiger partial charge < -0.3 is 24.8 Å². The van der Waals surface area contributed by atoms with E-state index in [1.165, 1.54) is 35.2 Å². The fourth-order valence-corrected chi connectivity index (χ4v) is 6.49. The number of piperazine rings is 1. The second kappa shape index (κ2) is 12.4. The highest BCUT2D eigenvalue weighted by Gasteiger charge is 2.62. The number of ether oxygens (including phenoxy) is 1. The molecule has 0 aliphatic carbocycles. The normalized spacial score (nSPS) is 22.4. The smallest absolute Gasteiger partial charge is 0.406 e. The Labute approximate surface area is 261 Å². The number of rotatable bonds is 8. The third-order valence-corrected chi connectivity index (χ3v) is 8.51. The number of fused-ring (bicyclic) bond motifs is 1. The minimum atomic E-state index is -4.87. The predicted molar refractivity (Wildman–Crippen MR) is 155 cm³/mol. The SMILES string of the molecule is CN1CCN(C(=O)CCC(=O)N[C@@H]2CN3C(=O)N(c4cc(Cl)cc(Cl)c4)C(=O)[C@@]3(Cc3ccc(OC(F)(F)F)cc3)C2)CC1. The number of alkyl halides is 3. The summed E-state index contributed by atoms with van der Waals surface area (Å²) in [6, 6.07) is 8.11. The first-order chi connectivity index (χ1) is 20.7. The van der Waals surface area contributed by atoms with Crippen molar-refractivity contribution in [1.82, 2.24) is 20.0 Å². The van der Waals surface area contributed by atoms with Crippen LogP contribution in [0.2, 0.25) is 10.0 Å². The highest BCUT2D eigenvalue weighted by molar-refractivity contribution is 6.35. The lowest BCUT2D eigenvalue weighted by Gasteiger charge is -2.32. The molecule has 10 nitrogen and oxygen atoms in total. The van der Waals surface area contributed by atoms with Gasteiger partial charge in [0, 0.05) is 74.5 Å². The van der Waals surface area contributed by atoms with Crippen molar-refractivity contribution >= 4 is 52.6 Å². The summed E-state index contributed by atoms with van der Waals surface area (Å²) < 4.78 is 41.9. The van der Waals surface area contributed by atoms with Crippen LogP contribution in [0.25, 0.3) is 0 Å². The summed E-state index contributed by atoms with van der Waals surface area (Å²) in [6.07, 6.45) is -4.88. The Bertz CT molecular complexity index is 1430. The maximum Gasteiger partial charge on any atom is 0.573 e. The van der Waals surface area contributed by atoms with E-state index >= 15 is 0 Å². The number of nitrogens with zero attached hydrogens (tertiary/aromatic N) is 4. The molecule has 15 heteroatoms. The summed E-state index contributed by atoms with van der Waals surface area (Å²) in [5, 5.41) is 3.29. The van der Waals surface area contributed by atoms with Gasteiger partial charge in [-0.05, 0) is 42.9 Å². The first-order valence-electron chi connectivity index (χ1n) is 14.0. The first-order valence-corrected chi connectivity index (χ1v) is 14.7. The second-order valence-electron chi connectivity index (χ2n) is 11.2. The molecule has 44 heavy (non-hydrogen) atoms. The number of carbonyl (C=O) groups is 4. The number of benzene rings is 2. The van der Waals surface area contributed by atoms with E-state index in [1.54, 1.807) is 4.90 Å². The lowest BCUT2D eigenvalue weighted by molar-refractivity contribution is -0.274. The van der Waals surface area contributed by atoms with Crippen molar-refractivity contribution in [3.05, 3.63) is 58.1 Å². The summed E-state index contributed by atoms with van der Waals surface area (Å²) in [5.74, 6) is -1.52. The molecule has 2 aromatic rings. The van der Waals surface area contributed by atoms with Crippen LogP contribution in [0, 0.1) is 0 Å². The minimum absolute atomic E-state index is 0.00276. The van der Waals surface area contributed by atoms with E-state index in [0.29, 0.717) is 18.7 Å². The fraction of sp³-hybridized carbons (Fsp3) is 0.448. The van der Waals surface area contributed by atoms with Gasteiger partial charge >= 0.3 is 12.4 Å². The van der Waals surface area contributed by atoms with Crippen molar-refractivity contribution < 1.29 is 37.1 Å². The van der Waals surface area contributed by atoms with Crippen LogP contribution in [0.4, 0.5) is 23.7 Å². The number of anilines is 1. The number of carbonyl (C=O) groups excluding carboxylic acids is 4. The van der Waals surface area contributed by atoms with Crippen molar-refractivity contribution in [2.45, 2.75) is 43.6 Å². The van der Waals surface area contributed by atoms with Crippen LogP contribution < -0.4 is 15.0 Å². The Morgan fingerprint density at radius 1 is 1.00 bits per heavy atom. The van der Waals surface area contributed by atoms with Crippen LogP contribution in [0.3, 0.4) is 0 Å². The highest BCUT2D eigenvalue weighted by atomic mass is 35.5. The third-order valence-electron chi connectivity index (χ3n) is 8.07. The van der Waals surface area contributed by atoms with E-state index in [2.05, 4.69) is 15.0 Å². The number of halogens is 5. The van der Waals surface area contributed by atoms with Crippen molar-refractivity contribution in [1.29, 1.82) is 0 Å². The lowest BCUT2D eigenvalue weighted by Crippen LogP contribution is -2.47. The molecule has 2 aromatic carbocycles. The predicted octanol–water partition coefficient (Wildman–Crippen LogP) is 4.08. The molecule has 236 valence electrons. The van der Waals surface area contributed by atoms with Crippen LogP contribution >= 0.6 is 23.2 Å². The van der Waals surface area contributed by atoms with E-state index in [4.69, 9.17) is 23.2 Å². The zero-order valence-electron chi connectivity index (χ0n) is 23.7. The number of imide groups is 1. The van der Waals surface area contributed by atoms with E-state index in [-0.39, 0.29) is 59.8 Å². The summed E-state index contributed by atoms with van der Waals surface area (Å²) in [4.78, 5) is 59.5. The van der Waals surface area contributed by atoms with Gasteiger partial charge in [0.15, 0.2) is 0 Å². The van der Waals surface area contributed by atoms with Gasteiger partial charge in [-0.1, -0.05) is 35.3 Å². The van der Waals surface area contributed by atoms with Crippen LogP contribution in [0.15, 0.2) is 42.5 Å². The largest absolute Gasteiger partial charge is 0.573 e. The zero-order chi connectivity index (χ0) is 31.8. The Hall–Kier alpha value is -3.55. The molecule has 3 aliphatic rings. The van der Waals surface area contributed by atoms with E-state index in [9.17, 15) is 32.3 Å². The number of amides is 5. The van der Waals surface area contributed by atoms with Crippen molar-refractivity contribution in [3.63, 3.8) is 0 Å². The van der Waals surface area contributed by atoms with Gasteiger partial charge in [0.2, 0.25) is 11.8 Å². The molecule has 0 bridgehead atoms. The Morgan fingerprint density at radius 2 is 1.64 bits per heavy atom. The highest BCUT2D eigenvalue weighted by Crippen LogP contribution is 2.43. The van der Waals surface area contributed by atoms with E-state index in [1.807, 2.05) is 7.05 Å². The molecule has 5 rings (SSSR count). The van der Waals surface area contributed by atoms with Crippen LogP contribution in [-0.4, -0.2) is 96.2 Å². The molecule has 0 spiro atoms. The quantitative estimate of drug-likeness (QED) is 0.430. The van der Waals surface area contributed by atoms with Gasteiger partial charge in [-0.15, -0.1) is 13.2 Å². The maximum absolute atomic E-state index is 14.1. The van der Waals surface area contributed by atoms with Crippen molar-refractivity contribution in [2.75, 3.05) is 44.7 Å². The van der Waals surface area contributed by atoms with Crippen LogP contribution in [-0.2, 0) is 20.8 Å². The molecule has 0 saturated carbocycles. The Balaban J connectivity index is 1.33. The lowest BCUT2D eigenvalue weighted by atomic mass is 9.87. The summed E-state index contributed by atoms with van der Waals surface area (Å²) >= 11 is 12.3. The summed E-state index contributed by atoms with van der Waals surface area (Å²) in [6.45, 7) is 2.72. The number of hydrogen-bond donors (Lipinski definition) is 1. The Kier molecular flexibility index (Phi) is 9.01. The molecule has 0 radical (unpaired) electrons. The molecule has 2 atom stereocenters. The first kappa shape index (κ1) is 31.9. The van der Waals surface area contributed by atoms with Gasteiger partial charge in [-0.25, -0.2) is 9.69 Å². The fourth-order valence-electron chi connectivity index (χ4n) is 5.97.